The second kappa shape index (κ2) is 6.18. The van der Waals surface area contributed by atoms with E-state index in [1.807, 2.05) is 25.2 Å². The quantitative estimate of drug-likeness (QED) is 0.405. The lowest BCUT2D eigenvalue weighted by Crippen LogP contribution is -2.27. The third-order valence-corrected chi connectivity index (χ3v) is 3.80. The molecule has 26 heavy (non-hydrogen) atoms. The molecule has 0 unspecified atom stereocenters. The second-order valence-corrected chi connectivity index (χ2v) is 7.08. The number of hydrogen-bond donors (Lipinski definition) is 2. The van der Waals surface area contributed by atoms with E-state index < -0.39 is 4.92 Å². The minimum Gasteiger partial charge on any atom is -0.508 e. The first kappa shape index (κ1) is 17.5. The molecule has 0 aliphatic carbocycles. The number of nitro groups is 1. The number of anilines is 1. The summed E-state index contributed by atoms with van der Waals surface area (Å²) < 4.78 is 1.85. The van der Waals surface area contributed by atoms with Crippen LogP contribution < -0.4 is 5.32 Å². The van der Waals surface area contributed by atoms with Crippen molar-refractivity contribution in [2.45, 2.75) is 26.3 Å². The Bertz CT molecular complexity index is 998. The Balaban J connectivity index is 2.21. The molecule has 2 aromatic heterocycles. The summed E-state index contributed by atoms with van der Waals surface area (Å²) >= 11 is 0. The number of fused-ring (bicyclic) bond motifs is 1. The Morgan fingerprint density at radius 2 is 1.88 bits per heavy atom. The van der Waals surface area contributed by atoms with Crippen molar-refractivity contribution in [1.29, 1.82) is 0 Å². The van der Waals surface area contributed by atoms with Gasteiger partial charge in [0, 0.05) is 35.0 Å². The molecule has 7 heteroatoms. The molecule has 0 aliphatic rings. The Kier molecular flexibility index (Phi) is 4.15. The third-order valence-electron chi connectivity index (χ3n) is 3.80. The van der Waals surface area contributed by atoms with Crippen LogP contribution in [0.4, 0.5) is 11.5 Å². The zero-order valence-electron chi connectivity index (χ0n) is 14.9. The molecule has 134 valence electrons. The molecule has 0 spiro atoms. The van der Waals surface area contributed by atoms with E-state index in [1.165, 1.54) is 12.1 Å². The van der Waals surface area contributed by atoms with Crippen molar-refractivity contribution in [3.05, 3.63) is 64.9 Å². The van der Waals surface area contributed by atoms with Crippen LogP contribution in [0.1, 0.15) is 26.3 Å². The van der Waals surface area contributed by atoms with E-state index in [1.54, 1.807) is 30.5 Å². The fraction of sp³-hybridized carbons (Fsp3) is 0.211. The van der Waals surface area contributed by atoms with Gasteiger partial charge in [-0.25, -0.2) is 4.98 Å². The molecule has 0 saturated heterocycles. The first-order valence-electron chi connectivity index (χ1n) is 8.09. The molecule has 0 radical (unpaired) electrons. The number of aliphatic hydroxyl groups is 1. The first-order chi connectivity index (χ1) is 12.2. The van der Waals surface area contributed by atoms with Gasteiger partial charge in [-0.3, -0.25) is 14.5 Å². The Labute approximate surface area is 150 Å². The van der Waals surface area contributed by atoms with Gasteiger partial charge in [0.15, 0.2) is 0 Å². The molecule has 0 amide bonds. The Morgan fingerprint density at radius 1 is 1.23 bits per heavy atom. The maximum atomic E-state index is 10.9. The molecule has 0 saturated carbocycles. The molecule has 0 fully saturated rings. The van der Waals surface area contributed by atoms with Gasteiger partial charge in [-0.1, -0.05) is 6.58 Å². The van der Waals surface area contributed by atoms with Crippen LogP contribution in [0.2, 0.25) is 0 Å². The minimum atomic E-state index is -0.430. The largest absolute Gasteiger partial charge is 0.508 e. The van der Waals surface area contributed by atoms with Crippen molar-refractivity contribution in [3.63, 3.8) is 0 Å². The highest BCUT2D eigenvalue weighted by Crippen LogP contribution is 2.32. The lowest BCUT2D eigenvalue weighted by atomic mass is 10.1. The van der Waals surface area contributed by atoms with Crippen molar-refractivity contribution in [1.82, 2.24) is 9.38 Å². The minimum absolute atomic E-state index is 0.0285. The van der Waals surface area contributed by atoms with Gasteiger partial charge in [0.05, 0.1) is 4.92 Å². The fourth-order valence-corrected chi connectivity index (χ4v) is 2.63. The molecule has 0 aliphatic heterocycles. The van der Waals surface area contributed by atoms with Gasteiger partial charge in [-0.15, -0.1) is 0 Å². The topological polar surface area (TPSA) is 92.7 Å². The number of non-ortho nitro benzene ring substituents is 1. The maximum absolute atomic E-state index is 10.9. The van der Waals surface area contributed by atoms with Gasteiger partial charge in [-0.05, 0) is 45.0 Å². The molecule has 2 N–H and O–H groups in total. The van der Waals surface area contributed by atoms with Crippen LogP contribution in [-0.4, -0.2) is 25.0 Å². The van der Waals surface area contributed by atoms with E-state index in [-0.39, 0.29) is 17.0 Å². The molecule has 3 rings (SSSR count). The smallest absolute Gasteiger partial charge is 0.269 e. The molecule has 2 heterocycles. The molecule has 3 aromatic rings. The Hall–Kier alpha value is -3.35. The van der Waals surface area contributed by atoms with E-state index in [4.69, 9.17) is 0 Å². The number of nitrogens with zero attached hydrogens (tertiary/aromatic N) is 3. The molecule has 0 bridgehead atoms. The average molecular weight is 352 g/mol. The summed E-state index contributed by atoms with van der Waals surface area (Å²) in [5.74, 6) is 0.712. The third kappa shape index (κ3) is 3.37. The summed E-state index contributed by atoms with van der Waals surface area (Å²) in [4.78, 5) is 15.1. The monoisotopic (exact) mass is 352 g/mol. The molecular weight excluding hydrogens is 332 g/mol. The summed E-state index contributed by atoms with van der Waals surface area (Å²) in [6.07, 6.45) is 1.76. The summed E-state index contributed by atoms with van der Waals surface area (Å²) in [5, 5.41) is 24.0. The lowest BCUT2D eigenvalue weighted by Gasteiger charge is -2.22. The van der Waals surface area contributed by atoms with E-state index >= 15 is 0 Å². The van der Waals surface area contributed by atoms with E-state index in [0.29, 0.717) is 16.9 Å². The van der Waals surface area contributed by atoms with Crippen molar-refractivity contribution in [2.24, 2.45) is 0 Å². The van der Waals surface area contributed by atoms with Crippen molar-refractivity contribution < 1.29 is 10.0 Å². The maximum Gasteiger partial charge on any atom is 0.269 e. The number of nitro benzene ring substituents is 1. The lowest BCUT2D eigenvalue weighted by molar-refractivity contribution is -0.384. The predicted molar refractivity (Wildman–Crippen MR) is 102 cm³/mol. The number of aromatic nitrogens is 2. The highest BCUT2D eigenvalue weighted by Gasteiger charge is 2.20. The molecular formula is C19H20N4O3. The number of aliphatic hydroxyl groups excluding tert-OH is 1. The van der Waals surface area contributed by atoms with Crippen LogP contribution in [0.5, 0.6) is 0 Å². The van der Waals surface area contributed by atoms with Crippen molar-refractivity contribution in [2.75, 3.05) is 5.32 Å². The number of pyridine rings is 1. The van der Waals surface area contributed by atoms with E-state index in [0.717, 1.165) is 11.4 Å². The van der Waals surface area contributed by atoms with Gasteiger partial charge in [0.2, 0.25) is 0 Å². The summed E-state index contributed by atoms with van der Waals surface area (Å²) in [5.41, 5.74) is 2.50. The number of hydrogen-bond acceptors (Lipinski definition) is 5. The van der Waals surface area contributed by atoms with E-state index in [9.17, 15) is 15.2 Å². The van der Waals surface area contributed by atoms with Gasteiger partial charge in [0.25, 0.3) is 5.69 Å². The van der Waals surface area contributed by atoms with Gasteiger partial charge in [0.1, 0.15) is 22.9 Å². The van der Waals surface area contributed by atoms with Crippen LogP contribution in [0.25, 0.3) is 22.7 Å². The van der Waals surface area contributed by atoms with Crippen LogP contribution in [0, 0.1) is 10.1 Å². The SMILES string of the molecule is C=C(O)c1ccc2nc(-c3ccc([N+](=O)[O-])cc3)c(NC(C)(C)C)n2c1. The summed E-state index contributed by atoms with van der Waals surface area (Å²) in [7, 11) is 0. The van der Waals surface area contributed by atoms with Crippen LogP contribution >= 0.6 is 0 Å². The van der Waals surface area contributed by atoms with Gasteiger partial charge < -0.3 is 10.4 Å². The van der Waals surface area contributed by atoms with Crippen molar-refractivity contribution >= 4 is 22.9 Å². The normalized spacial score (nSPS) is 11.5. The summed E-state index contributed by atoms with van der Waals surface area (Å²) in [6.45, 7) is 9.65. The summed E-state index contributed by atoms with van der Waals surface area (Å²) in [6, 6.07) is 9.81. The molecule has 1 aromatic carbocycles. The van der Waals surface area contributed by atoms with Crippen LogP contribution in [0.3, 0.4) is 0 Å². The van der Waals surface area contributed by atoms with Crippen LogP contribution in [0.15, 0.2) is 49.2 Å². The molecule has 7 nitrogen and oxygen atoms in total. The zero-order chi connectivity index (χ0) is 19.1. The van der Waals surface area contributed by atoms with Crippen molar-refractivity contribution in [3.8, 4) is 11.3 Å². The zero-order valence-corrected chi connectivity index (χ0v) is 14.9. The second-order valence-electron chi connectivity index (χ2n) is 7.08. The standard InChI is InChI=1S/C19H20N4O3/c1-12(24)14-7-10-16-20-17(13-5-8-15(9-6-13)23(25)26)18(22(16)11-14)21-19(2,3)4/h5-11,21,24H,1H2,2-4H3. The predicted octanol–water partition coefficient (Wildman–Crippen LogP) is 4.65. The average Bonchev–Trinajstić information content (AvgIpc) is 2.91. The number of nitrogens with one attached hydrogen (secondary N) is 1. The van der Waals surface area contributed by atoms with Gasteiger partial charge in [-0.2, -0.15) is 0 Å². The Morgan fingerprint density at radius 3 is 2.42 bits per heavy atom. The van der Waals surface area contributed by atoms with Gasteiger partial charge >= 0.3 is 0 Å². The number of benzene rings is 1. The fourth-order valence-electron chi connectivity index (χ4n) is 2.63. The highest BCUT2D eigenvalue weighted by atomic mass is 16.6. The number of imidazole rings is 1. The van der Waals surface area contributed by atoms with Crippen LogP contribution in [-0.2, 0) is 0 Å². The number of rotatable bonds is 4. The van der Waals surface area contributed by atoms with E-state index in [2.05, 4.69) is 16.9 Å². The molecule has 0 atom stereocenters. The highest BCUT2D eigenvalue weighted by molar-refractivity contribution is 5.78. The first-order valence-corrected chi connectivity index (χ1v) is 8.09.